The van der Waals surface area contributed by atoms with Gasteiger partial charge in [-0.25, -0.2) is 0 Å². The Hall–Kier alpha value is -1.83. The standard InChI is InChI=1S/C21H33N3O4/c1-2-27-20-10-16(11-22-12-17-13-23-14-18(17)25)6-7-19(20)28-15-21(26)24-8-4-3-5-9-24/h6-7,10,17-18,22-23,25H,2-5,8-9,11-15H2,1H3. The zero-order chi connectivity index (χ0) is 19.8. The van der Waals surface area contributed by atoms with Crippen LogP contribution in [0.3, 0.4) is 0 Å². The predicted molar refractivity (Wildman–Crippen MR) is 108 cm³/mol. The number of nitrogens with zero attached hydrogens (tertiary/aromatic N) is 1. The summed E-state index contributed by atoms with van der Waals surface area (Å²) in [4.78, 5) is 14.2. The van der Waals surface area contributed by atoms with Gasteiger partial charge in [0, 0.05) is 45.2 Å². The lowest BCUT2D eigenvalue weighted by Crippen LogP contribution is -2.38. The van der Waals surface area contributed by atoms with Crippen LogP contribution in [-0.4, -0.2) is 68.0 Å². The number of carbonyl (C=O) groups excluding carboxylic acids is 1. The molecule has 156 valence electrons. The lowest BCUT2D eigenvalue weighted by Gasteiger charge is -2.26. The molecule has 7 nitrogen and oxygen atoms in total. The van der Waals surface area contributed by atoms with Crippen molar-refractivity contribution in [1.29, 1.82) is 0 Å². The number of amides is 1. The number of rotatable bonds is 9. The van der Waals surface area contributed by atoms with Gasteiger partial charge in [-0.2, -0.15) is 0 Å². The molecule has 2 atom stereocenters. The highest BCUT2D eigenvalue weighted by molar-refractivity contribution is 5.78. The number of nitrogens with one attached hydrogen (secondary N) is 2. The van der Waals surface area contributed by atoms with Gasteiger partial charge in [-0.3, -0.25) is 4.79 Å². The van der Waals surface area contributed by atoms with Crippen LogP contribution in [0.2, 0.25) is 0 Å². The van der Waals surface area contributed by atoms with Crippen LogP contribution in [-0.2, 0) is 11.3 Å². The zero-order valence-corrected chi connectivity index (χ0v) is 16.8. The topological polar surface area (TPSA) is 83.1 Å². The summed E-state index contributed by atoms with van der Waals surface area (Å²) >= 11 is 0. The Morgan fingerprint density at radius 3 is 2.75 bits per heavy atom. The second-order valence-corrected chi connectivity index (χ2v) is 7.56. The van der Waals surface area contributed by atoms with E-state index in [1.54, 1.807) is 0 Å². The number of hydrogen-bond acceptors (Lipinski definition) is 6. The molecule has 7 heteroatoms. The van der Waals surface area contributed by atoms with E-state index in [0.717, 1.165) is 44.6 Å². The molecule has 0 aromatic heterocycles. The largest absolute Gasteiger partial charge is 0.490 e. The molecular formula is C21H33N3O4. The molecule has 1 amide bonds. The van der Waals surface area contributed by atoms with Gasteiger partial charge in [0.15, 0.2) is 18.1 Å². The number of carbonyl (C=O) groups is 1. The molecule has 0 bridgehead atoms. The van der Waals surface area contributed by atoms with Crippen molar-refractivity contribution in [3.8, 4) is 11.5 Å². The molecule has 1 aromatic carbocycles. The number of β-amino-alcohol motifs (C(OH)–C–C–N with tert-alkyl or cyclic N) is 1. The van der Waals surface area contributed by atoms with E-state index in [-0.39, 0.29) is 24.5 Å². The Balaban J connectivity index is 1.52. The Labute approximate surface area is 167 Å². The molecule has 2 heterocycles. The smallest absolute Gasteiger partial charge is 0.260 e. The van der Waals surface area contributed by atoms with Crippen molar-refractivity contribution in [2.45, 2.75) is 38.8 Å². The number of likely N-dealkylation sites (tertiary alicyclic amines) is 1. The summed E-state index contributed by atoms with van der Waals surface area (Å²) in [5, 5.41) is 16.5. The fraction of sp³-hybridized carbons (Fsp3) is 0.667. The van der Waals surface area contributed by atoms with Crippen molar-refractivity contribution in [1.82, 2.24) is 15.5 Å². The van der Waals surface area contributed by atoms with Crippen LogP contribution < -0.4 is 20.1 Å². The molecule has 2 unspecified atom stereocenters. The molecule has 2 aliphatic heterocycles. The first-order valence-corrected chi connectivity index (χ1v) is 10.4. The second kappa shape index (κ2) is 10.6. The zero-order valence-electron chi connectivity index (χ0n) is 16.8. The van der Waals surface area contributed by atoms with Gasteiger partial charge in [-0.1, -0.05) is 6.07 Å². The Kier molecular flexibility index (Phi) is 7.94. The van der Waals surface area contributed by atoms with E-state index < -0.39 is 0 Å². The number of aliphatic hydroxyl groups excluding tert-OH is 1. The molecule has 1 aromatic rings. The van der Waals surface area contributed by atoms with E-state index >= 15 is 0 Å². The maximum atomic E-state index is 12.3. The third-order valence-electron chi connectivity index (χ3n) is 5.41. The average molecular weight is 392 g/mol. The van der Waals surface area contributed by atoms with Gasteiger partial charge in [-0.15, -0.1) is 0 Å². The maximum Gasteiger partial charge on any atom is 0.260 e. The Morgan fingerprint density at radius 2 is 2.04 bits per heavy atom. The quantitative estimate of drug-likeness (QED) is 0.586. The summed E-state index contributed by atoms with van der Waals surface area (Å²) in [7, 11) is 0. The molecule has 0 saturated carbocycles. The number of benzene rings is 1. The summed E-state index contributed by atoms with van der Waals surface area (Å²) in [6, 6.07) is 5.82. The van der Waals surface area contributed by atoms with Crippen LogP contribution >= 0.6 is 0 Å². The van der Waals surface area contributed by atoms with Gasteiger partial charge in [0.05, 0.1) is 12.7 Å². The monoisotopic (exact) mass is 391 g/mol. The van der Waals surface area contributed by atoms with Crippen LogP contribution in [0, 0.1) is 5.92 Å². The van der Waals surface area contributed by atoms with Gasteiger partial charge in [0.1, 0.15) is 0 Å². The molecule has 0 aliphatic carbocycles. The van der Waals surface area contributed by atoms with E-state index in [9.17, 15) is 9.90 Å². The SMILES string of the molecule is CCOc1cc(CNCC2CNCC2O)ccc1OCC(=O)N1CCCCC1. The molecule has 3 rings (SSSR count). The van der Waals surface area contributed by atoms with Crippen molar-refractivity contribution in [2.24, 2.45) is 5.92 Å². The third-order valence-corrected chi connectivity index (χ3v) is 5.41. The minimum absolute atomic E-state index is 0.0385. The highest BCUT2D eigenvalue weighted by Crippen LogP contribution is 2.28. The lowest BCUT2D eigenvalue weighted by atomic mass is 10.1. The molecular weight excluding hydrogens is 358 g/mol. The van der Waals surface area contributed by atoms with E-state index in [1.807, 2.05) is 30.0 Å². The van der Waals surface area contributed by atoms with Crippen LogP contribution in [0.5, 0.6) is 11.5 Å². The summed E-state index contributed by atoms with van der Waals surface area (Å²) in [5.41, 5.74) is 1.08. The summed E-state index contributed by atoms with van der Waals surface area (Å²) < 4.78 is 11.5. The van der Waals surface area contributed by atoms with E-state index in [0.29, 0.717) is 31.2 Å². The summed E-state index contributed by atoms with van der Waals surface area (Å²) in [5.74, 6) is 1.55. The Morgan fingerprint density at radius 1 is 1.21 bits per heavy atom. The molecule has 28 heavy (non-hydrogen) atoms. The first-order chi connectivity index (χ1) is 13.7. The minimum atomic E-state index is -0.278. The summed E-state index contributed by atoms with van der Waals surface area (Å²) in [6.45, 7) is 7.14. The average Bonchev–Trinajstić information content (AvgIpc) is 3.13. The lowest BCUT2D eigenvalue weighted by molar-refractivity contribution is -0.134. The van der Waals surface area contributed by atoms with Crippen molar-refractivity contribution < 1.29 is 19.4 Å². The fourth-order valence-electron chi connectivity index (χ4n) is 3.75. The van der Waals surface area contributed by atoms with Gasteiger partial charge < -0.3 is 30.1 Å². The first-order valence-electron chi connectivity index (χ1n) is 10.4. The fourth-order valence-corrected chi connectivity index (χ4v) is 3.75. The Bertz CT molecular complexity index is 634. The summed E-state index contributed by atoms with van der Waals surface area (Å²) in [6.07, 6.45) is 3.07. The van der Waals surface area contributed by atoms with Crippen molar-refractivity contribution in [3.63, 3.8) is 0 Å². The van der Waals surface area contributed by atoms with Gasteiger partial charge in [0.2, 0.25) is 0 Å². The molecule has 0 spiro atoms. The normalized spacial score (nSPS) is 22.3. The number of hydrogen-bond donors (Lipinski definition) is 3. The number of ether oxygens (including phenoxy) is 2. The van der Waals surface area contributed by atoms with E-state index in [1.165, 1.54) is 6.42 Å². The maximum absolute atomic E-state index is 12.3. The molecule has 3 N–H and O–H groups in total. The minimum Gasteiger partial charge on any atom is -0.490 e. The van der Waals surface area contributed by atoms with Gasteiger partial charge in [0.25, 0.3) is 5.91 Å². The van der Waals surface area contributed by atoms with Crippen LogP contribution in [0.4, 0.5) is 0 Å². The highest BCUT2D eigenvalue weighted by Gasteiger charge is 2.24. The third kappa shape index (κ3) is 5.83. The van der Waals surface area contributed by atoms with Gasteiger partial charge >= 0.3 is 0 Å². The van der Waals surface area contributed by atoms with Crippen molar-refractivity contribution in [3.05, 3.63) is 23.8 Å². The molecule has 2 aliphatic rings. The predicted octanol–water partition coefficient (Wildman–Crippen LogP) is 1.15. The van der Waals surface area contributed by atoms with Crippen molar-refractivity contribution >= 4 is 5.91 Å². The van der Waals surface area contributed by atoms with E-state index in [2.05, 4.69) is 10.6 Å². The van der Waals surface area contributed by atoms with Gasteiger partial charge in [-0.05, 0) is 43.9 Å². The molecule has 2 fully saturated rings. The van der Waals surface area contributed by atoms with E-state index in [4.69, 9.17) is 9.47 Å². The second-order valence-electron chi connectivity index (χ2n) is 7.56. The van der Waals surface area contributed by atoms with Crippen LogP contribution in [0.15, 0.2) is 18.2 Å². The number of aliphatic hydroxyl groups is 1. The van der Waals surface area contributed by atoms with Crippen LogP contribution in [0.25, 0.3) is 0 Å². The number of piperidine rings is 1. The molecule has 2 saturated heterocycles. The van der Waals surface area contributed by atoms with Crippen LogP contribution in [0.1, 0.15) is 31.7 Å². The van der Waals surface area contributed by atoms with Crippen molar-refractivity contribution in [2.75, 3.05) is 45.9 Å². The molecule has 0 radical (unpaired) electrons. The highest BCUT2D eigenvalue weighted by atomic mass is 16.5. The first kappa shape index (κ1) is 20.9.